The fraction of sp³-hybridized carbons (Fsp3) is 0.769. The Kier molecular flexibility index (Phi) is 6.93. The number of carbonyl (C=O) groups is 1. The third-order valence-corrected chi connectivity index (χ3v) is 3.18. The summed E-state index contributed by atoms with van der Waals surface area (Å²) in [7, 11) is 1.38. The van der Waals surface area contributed by atoms with Gasteiger partial charge in [0.05, 0.1) is 32.5 Å². The average molecular weight is 258 g/mol. The zero-order valence-electron chi connectivity index (χ0n) is 10.7. The summed E-state index contributed by atoms with van der Waals surface area (Å²) in [4.78, 5) is 10.8. The predicted octanol–water partition coefficient (Wildman–Crippen LogP) is 0.644. The molecular weight excluding hydrogens is 236 g/mol. The summed E-state index contributed by atoms with van der Waals surface area (Å²) < 4.78 is 9.94. The number of ether oxygens (including phenoxy) is 2. The highest BCUT2D eigenvalue weighted by molar-refractivity contribution is 5.68. The minimum Gasteiger partial charge on any atom is -0.469 e. The largest absolute Gasteiger partial charge is 0.469 e. The van der Waals surface area contributed by atoms with E-state index in [0.29, 0.717) is 19.4 Å². The number of hydrogen-bond acceptors (Lipinski definition) is 5. The monoisotopic (exact) mass is 258 g/mol. The number of carbonyl (C=O) groups excluding carboxylic acids is 1. The van der Waals surface area contributed by atoms with Gasteiger partial charge in [-0.1, -0.05) is 12.2 Å². The number of allylic oxidation sites excluding steroid dienone is 1. The van der Waals surface area contributed by atoms with Gasteiger partial charge in [0.15, 0.2) is 0 Å². The van der Waals surface area contributed by atoms with Gasteiger partial charge in [0.25, 0.3) is 0 Å². The number of esters is 1. The lowest BCUT2D eigenvalue weighted by atomic mass is 9.97. The molecule has 1 saturated heterocycles. The standard InChI is InChI=1S/C13H22O5/c1-17-13(16)7-5-3-2-4-6-12-10(8-14)11(15)9-18-12/h2,4,10-12,14-15H,3,5-9H2,1H3/t10-,11+,12+/m0/s1. The van der Waals surface area contributed by atoms with Crippen molar-refractivity contribution in [2.45, 2.75) is 37.9 Å². The van der Waals surface area contributed by atoms with Gasteiger partial charge in [-0.15, -0.1) is 0 Å². The molecule has 1 fully saturated rings. The van der Waals surface area contributed by atoms with Gasteiger partial charge in [-0.2, -0.15) is 0 Å². The van der Waals surface area contributed by atoms with E-state index in [9.17, 15) is 9.90 Å². The van der Waals surface area contributed by atoms with Crippen molar-refractivity contribution in [1.82, 2.24) is 0 Å². The van der Waals surface area contributed by atoms with Crippen molar-refractivity contribution in [3.63, 3.8) is 0 Å². The smallest absolute Gasteiger partial charge is 0.305 e. The Morgan fingerprint density at radius 3 is 2.94 bits per heavy atom. The molecule has 0 aromatic carbocycles. The Bertz CT molecular complexity index is 277. The van der Waals surface area contributed by atoms with Crippen LogP contribution in [-0.2, 0) is 14.3 Å². The maximum Gasteiger partial charge on any atom is 0.305 e. The number of aliphatic hydroxyl groups excluding tert-OH is 2. The van der Waals surface area contributed by atoms with Crippen molar-refractivity contribution in [2.75, 3.05) is 20.3 Å². The van der Waals surface area contributed by atoms with E-state index < -0.39 is 6.10 Å². The van der Waals surface area contributed by atoms with Gasteiger partial charge in [-0.3, -0.25) is 4.79 Å². The molecule has 0 amide bonds. The molecule has 2 N–H and O–H groups in total. The van der Waals surface area contributed by atoms with Crippen LogP contribution >= 0.6 is 0 Å². The van der Waals surface area contributed by atoms with Crippen molar-refractivity contribution in [3.8, 4) is 0 Å². The highest BCUT2D eigenvalue weighted by atomic mass is 16.5. The highest BCUT2D eigenvalue weighted by Crippen LogP contribution is 2.23. The van der Waals surface area contributed by atoms with E-state index in [2.05, 4.69) is 4.74 Å². The Balaban J connectivity index is 2.14. The van der Waals surface area contributed by atoms with Crippen molar-refractivity contribution < 1.29 is 24.5 Å². The molecule has 18 heavy (non-hydrogen) atoms. The van der Waals surface area contributed by atoms with E-state index >= 15 is 0 Å². The second kappa shape index (κ2) is 8.24. The van der Waals surface area contributed by atoms with Crippen LogP contribution in [0.4, 0.5) is 0 Å². The number of rotatable bonds is 7. The molecular formula is C13H22O5. The zero-order chi connectivity index (χ0) is 13.4. The second-order valence-electron chi connectivity index (χ2n) is 4.46. The third-order valence-electron chi connectivity index (χ3n) is 3.18. The minimum absolute atomic E-state index is 0.0536. The predicted molar refractivity (Wildman–Crippen MR) is 65.9 cm³/mol. The summed E-state index contributed by atoms with van der Waals surface area (Å²) in [6.45, 7) is 0.244. The molecule has 0 bridgehead atoms. The number of methoxy groups -OCH3 is 1. The fourth-order valence-corrected chi connectivity index (χ4v) is 2.01. The molecule has 5 nitrogen and oxygen atoms in total. The molecule has 1 rings (SSSR count). The third kappa shape index (κ3) is 4.76. The van der Waals surface area contributed by atoms with Gasteiger partial charge in [0, 0.05) is 12.3 Å². The van der Waals surface area contributed by atoms with Crippen LogP contribution in [0.15, 0.2) is 12.2 Å². The summed E-state index contributed by atoms with van der Waals surface area (Å²) in [5.41, 5.74) is 0. The fourth-order valence-electron chi connectivity index (χ4n) is 2.01. The topological polar surface area (TPSA) is 76.0 Å². The molecule has 0 aromatic rings. The molecule has 0 aromatic heterocycles. The van der Waals surface area contributed by atoms with Crippen LogP contribution in [0.25, 0.3) is 0 Å². The van der Waals surface area contributed by atoms with Crippen LogP contribution in [0.3, 0.4) is 0 Å². The Morgan fingerprint density at radius 2 is 2.28 bits per heavy atom. The number of unbranched alkanes of at least 4 members (excludes halogenated alkanes) is 1. The molecule has 3 atom stereocenters. The van der Waals surface area contributed by atoms with Gasteiger partial charge in [0.1, 0.15) is 0 Å². The summed E-state index contributed by atoms with van der Waals surface area (Å²) >= 11 is 0. The zero-order valence-corrected chi connectivity index (χ0v) is 10.7. The number of hydrogen-bond donors (Lipinski definition) is 2. The Hall–Kier alpha value is -0.910. The minimum atomic E-state index is -0.562. The normalized spacial score (nSPS) is 27.8. The van der Waals surface area contributed by atoms with E-state index in [1.54, 1.807) is 0 Å². The molecule has 0 saturated carbocycles. The Labute approximate surface area is 107 Å². The van der Waals surface area contributed by atoms with E-state index in [1.165, 1.54) is 7.11 Å². The van der Waals surface area contributed by atoms with Crippen LogP contribution in [0, 0.1) is 5.92 Å². The lowest BCUT2D eigenvalue weighted by Gasteiger charge is -2.15. The van der Waals surface area contributed by atoms with Crippen LogP contribution in [0.5, 0.6) is 0 Å². The lowest BCUT2D eigenvalue weighted by Crippen LogP contribution is -2.27. The van der Waals surface area contributed by atoms with Gasteiger partial charge < -0.3 is 19.7 Å². The maximum atomic E-state index is 10.8. The number of aliphatic hydroxyl groups is 2. The first kappa shape index (κ1) is 15.1. The van der Waals surface area contributed by atoms with Gasteiger partial charge in [-0.25, -0.2) is 0 Å². The van der Waals surface area contributed by atoms with Crippen LogP contribution in [0.1, 0.15) is 25.7 Å². The summed E-state index contributed by atoms with van der Waals surface area (Å²) in [6.07, 6.45) is 5.98. The quantitative estimate of drug-likeness (QED) is 0.398. The summed E-state index contributed by atoms with van der Waals surface area (Å²) in [5.74, 6) is -0.379. The van der Waals surface area contributed by atoms with Gasteiger partial charge in [-0.05, 0) is 19.3 Å². The van der Waals surface area contributed by atoms with E-state index in [4.69, 9.17) is 9.84 Å². The van der Waals surface area contributed by atoms with Crippen LogP contribution < -0.4 is 0 Å². The molecule has 0 unspecified atom stereocenters. The molecule has 1 heterocycles. The maximum absolute atomic E-state index is 10.8. The first-order valence-electron chi connectivity index (χ1n) is 6.31. The van der Waals surface area contributed by atoms with Crippen LogP contribution in [-0.4, -0.2) is 48.7 Å². The molecule has 1 aliphatic heterocycles. The molecule has 0 spiro atoms. The molecule has 1 aliphatic rings. The van der Waals surface area contributed by atoms with Gasteiger partial charge in [0.2, 0.25) is 0 Å². The molecule has 5 heteroatoms. The van der Waals surface area contributed by atoms with Crippen molar-refractivity contribution in [1.29, 1.82) is 0 Å². The van der Waals surface area contributed by atoms with E-state index in [-0.39, 0.29) is 24.6 Å². The molecule has 104 valence electrons. The SMILES string of the molecule is COC(=O)CCCC=CC[C@H]1OC[C@@H](O)[C@@H]1CO. The summed E-state index contributed by atoms with van der Waals surface area (Å²) in [6, 6.07) is 0. The lowest BCUT2D eigenvalue weighted by molar-refractivity contribution is -0.140. The average Bonchev–Trinajstić information content (AvgIpc) is 2.73. The Morgan fingerprint density at radius 1 is 1.50 bits per heavy atom. The summed E-state index contributed by atoms with van der Waals surface area (Å²) in [5, 5.41) is 18.6. The first-order chi connectivity index (χ1) is 8.69. The van der Waals surface area contributed by atoms with E-state index in [1.807, 2.05) is 12.2 Å². The van der Waals surface area contributed by atoms with Crippen molar-refractivity contribution in [2.24, 2.45) is 5.92 Å². The highest BCUT2D eigenvalue weighted by Gasteiger charge is 2.34. The molecule has 0 radical (unpaired) electrons. The second-order valence-corrected chi connectivity index (χ2v) is 4.46. The van der Waals surface area contributed by atoms with Crippen molar-refractivity contribution >= 4 is 5.97 Å². The van der Waals surface area contributed by atoms with Gasteiger partial charge >= 0.3 is 5.97 Å². The molecule has 0 aliphatic carbocycles. The van der Waals surface area contributed by atoms with Crippen molar-refractivity contribution in [3.05, 3.63) is 12.2 Å². The van der Waals surface area contributed by atoms with Crippen LogP contribution in [0.2, 0.25) is 0 Å². The van der Waals surface area contributed by atoms with E-state index in [0.717, 1.165) is 12.8 Å². The first-order valence-corrected chi connectivity index (χ1v) is 6.31.